The highest BCUT2D eigenvalue weighted by molar-refractivity contribution is 6.30. The van der Waals surface area contributed by atoms with Crippen molar-refractivity contribution >= 4 is 11.6 Å². The molecule has 0 spiro atoms. The van der Waals surface area contributed by atoms with Crippen molar-refractivity contribution in [3.8, 4) is 0 Å². The minimum absolute atomic E-state index is 0.0239. The van der Waals surface area contributed by atoms with Crippen molar-refractivity contribution < 1.29 is 0 Å². The van der Waals surface area contributed by atoms with Crippen molar-refractivity contribution in [3.63, 3.8) is 0 Å². The fraction of sp³-hybridized carbons (Fsp3) is 0.800. The van der Waals surface area contributed by atoms with E-state index >= 15 is 0 Å². The zero-order chi connectivity index (χ0) is 16.2. The molecule has 6 heteroatoms. The topological polar surface area (TPSA) is 59.1 Å². The summed E-state index contributed by atoms with van der Waals surface area (Å²) in [5.74, 6) is 5.89. The summed E-state index contributed by atoms with van der Waals surface area (Å²) in [5, 5.41) is 5.09. The van der Waals surface area contributed by atoms with Gasteiger partial charge in [0, 0.05) is 24.2 Å². The smallest absolute Gasteiger partial charge is 0.130 e. The van der Waals surface area contributed by atoms with Gasteiger partial charge in [-0.05, 0) is 39.8 Å². The summed E-state index contributed by atoms with van der Waals surface area (Å²) < 4.78 is 1.72. The minimum atomic E-state index is -0.0239. The van der Waals surface area contributed by atoms with Crippen molar-refractivity contribution in [1.29, 1.82) is 0 Å². The van der Waals surface area contributed by atoms with Gasteiger partial charge in [-0.2, -0.15) is 5.10 Å². The quantitative estimate of drug-likeness (QED) is 0.571. The highest BCUT2D eigenvalue weighted by Gasteiger charge is 2.37. The molecular formula is C15H30ClN5. The summed E-state index contributed by atoms with van der Waals surface area (Å²) in [6.45, 7) is 12.8. The lowest BCUT2D eigenvalue weighted by Crippen LogP contribution is -2.61. The number of hydrogen-bond donors (Lipinski definition) is 2. The number of hydrogen-bond acceptors (Lipinski definition) is 4. The molecule has 5 nitrogen and oxygen atoms in total. The lowest BCUT2D eigenvalue weighted by molar-refractivity contribution is 0.0700. The number of aromatic nitrogens is 2. The summed E-state index contributed by atoms with van der Waals surface area (Å²) in [7, 11) is 1.87. The predicted molar refractivity (Wildman–Crippen MR) is 89.4 cm³/mol. The SMILES string of the molecule is CCN(CC)C(C)(CC)C(Cc1c(C)nn(C)c1Cl)NN. The van der Waals surface area contributed by atoms with Gasteiger partial charge in [-0.1, -0.05) is 32.4 Å². The van der Waals surface area contributed by atoms with Crippen LogP contribution in [0.3, 0.4) is 0 Å². The van der Waals surface area contributed by atoms with Crippen LogP contribution < -0.4 is 11.3 Å². The van der Waals surface area contributed by atoms with E-state index in [1.165, 1.54) is 0 Å². The summed E-state index contributed by atoms with van der Waals surface area (Å²) in [6, 6.07) is 0.114. The predicted octanol–water partition coefficient (Wildman–Crippen LogP) is 2.27. The van der Waals surface area contributed by atoms with E-state index in [2.05, 4.69) is 43.1 Å². The summed E-state index contributed by atoms with van der Waals surface area (Å²) in [5.41, 5.74) is 5.04. The van der Waals surface area contributed by atoms with Crippen LogP contribution in [0, 0.1) is 6.92 Å². The van der Waals surface area contributed by atoms with E-state index in [1.54, 1.807) is 4.68 Å². The standard InChI is InChI=1S/C15H30ClN5/c1-7-15(5,21(8-2)9-3)13(18-17)10-12-11(4)19-20(6)14(12)16/h13,18H,7-10,17H2,1-6H3. The molecule has 0 aliphatic heterocycles. The Morgan fingerprint density at radius 3 is 2.29 bits per heavy atom. The second-order valence-corrected chi connectivity index (χ2v) is 6.14. The van der Waals surface area contributed by atoms with Crippen LogP contribution in [-0.4, -0.2) is 39.4 Å². The molecule has 0 saturated carbocycles. The number of hydrazine groups is 1. The van der Waals surface area contributed by atoms with Gasteiger partial charge in [-0.15, -0.1) is 0 Å². The van der Waals surface area contributed by atoms with Crippen LogP contribution in [0.2, 0.25) is 5.15 Å². The van der Waals surface area contributed by atoms with E-state index in [1.807, 2.05) is 14.0 Å². The number of likely N-dealkylation sites (N-methyl/N-ethyl adjacent to an activating group) is 1. The Morgan fingerprint density at radius 2 is 1.95 bits per heavy atom. The third kappa shape index (κ3) is 3.59. The molecule has 2 unspecified atom stereocenters. The third-order valence-electron chi connectivity index (χ3n) is 4.83. The molecule has 1 rings (SSSR count). The van der Waals surface area contributed by atoms with Crippen LogP contribution in [0.1, 0.15) is 45.4 Å². The Labute approximate surface area is 133 Å². The molecule has 0 amide bonds. The molecule has 2 atom stereocenters. The molecule has 1 aromatic heterocycles. The molecule has 0 aliphatic carbocycles. The first kappa shape index (κ1) is 18.4. The number of halogens is 1. The van der Waals surface area contributed by atoms with Crippen molar-refractivity contribution in [2.75, 3.05) is 13.1 Å². The van der Waals surface area contributed by atoms with Gasteiger partial charge in [-0.3, -0.25) is 20.9 Å². The van der Waals surface area contributed by atoms with Crippen LogP contribution in [0.25, 0.3) is 0 Å². The van der Waals surface area contributed by atoms with Crippen molar-refractivity contribution in [2.24, 2.45) is 12.9 Å². The van der Waals surface area contributed by atoms with E-state index in [9.17, 15) is 0 Å². The Balaban J connectivity index is 3.10. The van der Waals surface area contributed by atoms with E-state index in [0.717, 1.165) is 37.2 Å². The molecule has 0 saturated heterocycles. The molecule has 21 heavy (non-hydrogen) atoms. The Morgan fingerprint density at radius 1 is 1.38 bits per heavy atom. The molecule has 0 fully saturated rings. The molecule has 1 heterocycles. The Hall–Kier alpha value is -0.620. The van der Waals surface area contributed by atoms with Crippen LogP contribution in [0.5, 0.6) is 0 Å². The lowest BCUT2D eigenvalue weighted by atomic mass is 9.84. The molecule has 0 aromatic carbocycles. The maximum absolute atomic E-state index is 6.37. The number of aryl methyl sites for hydroxylation is 2. The number of nitrogens with one attached hydrogen (secondary N) is 1. The summed E-state index contributed by atoms with van der Waals surface area (Å²) in [6.07, 6.45) is 1.79. The second kappa shape index (κ2) is 7.58. The van der Waals surface area contributed by atoms with E-state index in [-0.39, 0.29) is 11.6 Å². The van der Waals surface area contributed by atoms with Crippen LogP contribution in [0.4, 0.5) is 0 Å². The number of nitrogens with zero attached hydrogens (tertiary/aromatic N) is 3. The average Bonchev–Trinajstić information content (AvgIpc) is 2.71. The Bertz CT molecular complexity index is 455. The van der Waals surface area contributed by atoms with Gasteiger partial charge in [-0.25, -0.2) is 0 Å². The van der Waals surface area contributed by atoms with Gasteiger partial charge < -0.3 is 0 Å². The fourth-order valence-corrected chi connectivity index (χ4v) is 3.46. The monoisotopic (exact) mass is 315 g/mol. The van der Waals surface area contributed by atoms with Crippen LogP contribution >= 0.6 is 11.6 Å². The zero-order valence-electron chi connectivity index (χ0n) is 14.2. The molecule has 0 radical (unpaired) electrons. The summed E-state index contributed by atoms with van der Waals surface area (Å²) >= 11 is 6.37. The van der Waals surface area contributed by atoms with Crippen molar-refractivity contribution in [1.82, 2.24) is 20.1 Å². The first-order chi connectivity index (χ1) is 9.85. The van der Waals surface area contributed by atoms with Gasteiger partial charge in [0.2, 0.25) is 0 Å². The van der Waals surface area contributed by atoms with Gasteiger partial charge >= 0.3 is 0 Å². The highest BCUT2D eigenvalue weighted by Crippen LogP contribution is 2.28. The number of nitrogens with two attached hydrogens (primary N) is 1. The van der Waals surface area contributed by atoms with Gasteiger partial charge in [0.15, 0.2) is 0 Å². The molecule has 0 bridgehead atoms. The minimum Gasteiger partial charge on any atom is -0.297 e. The second-order valence-electron chi connectivity index (χ2n) is 5.78. The zero-order valence-corrected chi connectivity index (χ0v) is 15.0. The van der Waals surface area contributed by atoms with E-state index < -0.39 is 0 Å². The highest BCUT2D eigenvalue weighted by atomic mass is 35.5. The largest absolute Gasteiger partial charge is 0.297 e. The molecule has 122 valence electrons. The van der Waals surface area contributed by atoms with Gasteiger partial charge in [0.05, 0.1) is 5.69 Å². The first-order valence-corrected chi connectivity index (χ1v) is 8.12. The molecule has 1 aromatic rings. The first-order valence-electron chi connectivity index (χ1n) is 7.74. The van der Waals surface area contributed by atoms with Crippen LogP contribution in [0.15, 0.2) is 0 Å². The van der Waals surface area contributed by atoms with Gasteiger partial charge in [0.1, 0.15) is 5.15 Å². The van der Waals surface area contributed by atoms with E-state index in [4.69, 9.17) is 17.4 Å². The molecule has 3 N–H and O–H groups in total. The van der Waals surface area contributed by atoms with Crippen molar-refractivity contribution in [2.45, 2.75) is 59.0 Å². The van der Waals surface area contributed by atoms with Gasteiger partial charge in [0.25, 0.3) is 0 Å². The fourth-order valence-electron chi connectivity index (χ4n) is 3.20. The maximum atomic E-state index is 6.37. The molecular weight excluding hydrogens is 286 g/mol. The van der Waals surface area contributed by atoms with Crippen LogP contribution in [-0.2, 0) is 13.5 Å². The Kier molecular flexibility index (Phi) is 6.66. The third-order valence-corrected chi connectivity index (χ3v) is 5.30. The normalized spacial score (nSPS) is 16.2. The van der Waals surface area contributed by atoms with Crippen molar-refractivity contribution in [3.05, 3.63) is 16.4 Å². The lowest BCUT2D eigenvalue weighted by Gasteiger charge is -2.45. The van der Waals surface area contributed by atoms with E-state index in [0.29, 0.717) is 5.15 Å². The average molecular weight is 316 g/mol. The summed E-state index contributed by atoms with van der Waals surface area (Å²) in [4.78, 5) is 2.46. The number of rotatable bonds is 8. The molecule has 0 aliphatic rings. The maximum Gasteiger partial charge on any atom is 0.130 e.